The molecule has 4 heteroatoms. The van der Waals surface area contributed by atoms with Crippen molar-refractivity contribution in [2.75, 3.05) is 10.6 Å². The van der Waals surface area contributed by atoms with Gasteiger partial charge in [0, 0.05) is 24.9 Å². The second-order valence-electron chi connectivity index (χ2n) is 6.50. The van der Waals surface area contributed by atoms with Gasteiger partial charge in [-0.15, -0.1) is 0 Å². The molecule has 1 aromatic heterocycles. The lowest BCUT2D eigenvalue weighted by molar-refractivity contribution is 0.755. The van der Waals surface area contributed by atoms with Gasteiger partial charge in [0.05, 0.1) is 29.3 Å². The van der Waals surface area contributed by atoms with E-state index in [1.807, 2.05) is 6.20 Å². The zero-order valence-corrected chi connectivity index (χ0v) is 13.0. The van der Waals surface area contributed by atoms with Gasteiger partial charge < -0.3 is 10.6 Å². The molecule has 1 unspecified atom stereocenters. The van der Waals surface area contributed by atoms with Gasteiger partial charge in [-0.25, -0.2) is 0 Å². The molecule has 0 bridgehead atoms. The monoisotopic (exact) mass is 294 g/mol. The predicted molar refractivity (Wildman–Crippen MR) is 89.2 cm³/mol. The first kappa shape index (κ1) is 13.6. The molecule has 2 aliphatic rings. The van der Waals surface area contributed by atoms with Crippen molar-refractivity contribution in [3.8, 4) is 0 Å². The van der Waals surface area contributed by atoms with E-state index in [0.29, 0.717) is 6.04 Å². The van der Waals surface area contributed by atoms with E-state index in [9.17, 15) is 0 Å². The average molecular weight is 294 g/mol. The quantitative estimate of drug-likeness (QED) is 0.903. The molecule has 1 atom stereocenters. The van der Waals surface area contributed by atoms with E-state index in [-0.39, 0.29) is 6.04 Å². The Morgan fingerprint density at radius 3 is 2.82 bits per heavy atom. The molecular weight excluding hydrogens is 272 g/mol. The number of anilines is 2. The minimum atomic E-state index is 0.231. The van der Waals surface area contributed by atoms with Gasteiger partial charge >= 0.3 is 0 Å². The molecule has 1 aliphatic heterocycles. The highest BCUT2D eigenvalue weighted by atomic mass is 15.0. The van der Waals surface area contributed by atoms with Crippen LogP contribution in [0.2, 0.25) is 0 Å². The van der Waals surface area contributed by atoms with Crippen LogP contribution in [0.1, 0.15) is 48.5 Å². The van der Waals surface area contributed by atoms with Crippen LogP contribution >= 0.6 is 0 Å². The third-order valence-electron chi connectivity index (χ3n) is 4.76. The molecule has 0 saturated heterocycles. The Labute approximate surface area is 131 Å². The zero-order chi connectivity index (χ0) is 14.9. The number of hydrogen-bond donors (Lipinski definition) is 2. The molecule has 1 saturated carbocycles. The Kier molecular flexibility index (Phi) is 3.45. The largest absolute Gasteiger partial charge is 0.381 e. The van der Waals surface area contributed by atoms with Gasteiger partial charge in [0.2, 0.25) is 0 Å². The normalized spacial score (nSPS) is 20.7. The van der Waals surface area contributed by atoms with Crippen LogP contribution in [0, 0.1) is 6.92 Å². The van der Waals surface area contributed by atoms with Crippen molar-refractivity contribution in [1.82, 2.24) is 9.97 Å². The van der Waals surface area contributed by atoms with Crippen molar-refractivity contribution >= 4 is 11.4 Å². The van der Waals surface area contributed by atoms with E-state index < -0.39 is 0 Å². The summed E-state index contributed by atoms with van der Waals surface area (Å²) in [6.45, 7) is 2.18. The van der Waals surface area contributed by atoms with Crippen LogP contribution < -0.4 is 10.6 Å². The Bertz CT molecular complexity index is 662. The van der Waals surface area contributed by atoms with Gasteiger partial charge in [0.1, 0.15) is 0 Å². The number of aromatic nitrogens is 2. The lowest BCUT2D eigenvalue weighted by Crippen LogP contribution is -2.16. The lowest BCUT2D eigenvalue weighted by atomic mass is 10.0. The second-order valence-corrected chi connectivity index (χ2v) is 6.50. The molecule has 2 N–H and O–H groups in total. The van der Waals surface area contributed by atoms with E-state index in [1.54, 1.807) is 12.4 Å². The summed E-state index contributed by atoms with van der Waals surface area (Å²) in [7, 11) is 0. The Balaban J connectivity index is 1.61. The Morgan fingerprint density at radius 2 is 2.05 bits per heavy atom. The van der Waals surface area contributed by atoms with Gasteiger partial charge in [0.25, 0.3) is 0 Å². The minimum Gasteiger partial charge on any atom is -0.381 e. The summed E-state index contributed by atoms with van der Waals surface area (Å²) in [5.74, 6) is 0. The third kappa shape index (κ3) is 2.54. The number of hydrogen-bond acceptors (Lipinski definition) is 4. The van der Waals surface area contributed by atoms with E-state index in [2.05, 4.69) is 39.7 Å². The van der Waals surface area contributed by atoms with Gasteiger partial charge in [0.15, 0.2) is 0 Å². The fourth-order valence-electron chi connectivity index (χ4n) is 3.71. The van der Waals surface area contributed by atoms with Crippen molar-refractivity contribution in [3.63, 3.8) is 0 Å². The molecule has 4 rings (SSSR count). The number of aryl methyl sites for hydroxylation is 1. The van der Waals surface area contributed by atoms with Crippen molar-refractivity contribution in [2.45, 2.75) is 51.1 Å². The summed E-state index contributed by atoms with van der Waals surface area (Å²) in [5, 5.41) is 7.41. The van der Waals surface area contributed by atoms with Gasteiger partial charge in [-0.3, -0.25) is 9.97 Å². The molecule has 114 valence electrons. The van der Waals surface area contributed by atoms with E-state index in [1.165, 1.54) is 48.2 Å². The topological polar surface area (TPSA) is 49.8 Å². The van der Waals surface area contributed by atoms with Gasteiger partial charge in [-0.05, 0) is 37.0 Å². The summed E-state index contributed by atoms with van der Waals surface area (Å²) in [4.78, 5) is 8.65. The third-order valence-corrected chi connectivity index (χ3v) is 4.76. The highest BCUT2D eigenvalue weighted by molar-refractivity contribution is 5.77. The van der Waals surface area contributed by atoms with Crippen LogP contribution in [0.15, 0.2) is 30.7 Å². The second kappa shape index (κ2) is 5.59. The summed E-state index contributed by atoms with van der Waals surface area (Å²) >= 11 is 0. The Hall–Kier alpha value is -2.10. The minimum absolute atomic E-state index is 0.231. The van der Waals surface area contributed by atoms with Gasteiger partial charge in [-0.1, -0.05) is 18.9 Å². The van der Waals surface area contributed by atoms with Crippen LogP contribution in [0.5, 0.6) is 0 Å². The molecule has 0 radical (unpaired) electrons. The predicted octanol–water partition coefficient (Wildman–Crippen LogP) is 3.85. The molecular formula is C18H22N4. The van der Waals surface area contributed by atoms with E-state index in [0.717, 1.165) is 12.1 Å². The fraction of sp³-hybridized carbons (Fsp3) is 0.444. The first-order valence-corrected chi connectivity index (χ1v) is 8.22. The van der Waals surface area contributed by atoms with Crippen LogP contribution in [-0.2, 0) is 6.42 Å². The number of nitrogens with zero attached hydrogens (tertiary/aromatic N) is 2. The SMILES string of the molecule is Cc1cc2c(c(NC3CCCC3)c1)NC(c1cnccn1)C2. The van der Waals surface area contributed by atoms with Gasteiger partial charge in [-0.2, -0.15) is 0 Å². The molecule has 0 amide bonds. The first-order valence-electron chi connectivity index (χ1n) is 8.22. The zero-order valence-electron chi connectivity index (χ0n) is 13.0. The maximum atomic E-state index is 4.45. The standard InChI is InChI=1S/C18H22N4/c1-12-8-13-10-15(17-11-19-6-7-20-17)22-18(13)16(9-12)21-14-4-2-3-5-14/h6-9,11,14-15,21-22H,2-5,10H2,1H3. The molecule has 2 aromatic rings. The van der Waals surface area contributed by atoms with Crippen LogP contribution in [0.4, 0.5) is 11.4 Å². The lowest BCUT2D eigenvalue weighted by Gasteiger charge is -2.18. The smallest absolute Gasteiger partial charge is 0.0812 e. The highest BCUT2D eigenvalue weighted by Gasteiger charge is 2.27. The van der Waals surface area contributed by atoms with E-state index >= 15 is 0 Å². The molecule has 0 spiro atoms. The molecule has 1 fully saturated rings. The first-order chi connectivity index (χ1) is 10.8. The fourth-order valence-corrected chi connectivity index (χ4v) is 3.71. The van der Waals surface area contributed by atoms with Crippen LogP contribution in [0.3, 0.4) is 0 Å². The number of fused-ring (bicyclic) bond motifs is 1. The molecule has 1 aliphatic carbocycles. The molecule has 22 heavy (non-hydrogen) atoms. The van der Waals surface area contributed by atoms with Crippen molar-refractivity contribution in [3.05, 3.63) is 47.5 Å². The van der Waals surface area contributed by atoms with Crippen molar-refractivity contribution in [1.29, 1.82) is 0 Å². The van der Waals surface area contributed by atoms with Crippen LogP contribution in [0.25, 0.3) is 0 Å². The van der Waals surface area contributed by atoms with E-state index in [4.69, 9.17) is 0 Å². The molecule has 1 aromatic carbocycles. The number of benzene rings is 1. The summed E-state index contributed by atoms with van der Waals surface area (Å²) in [5.41, 5.74) is 6.24. The van der Waals surface area contributed by atoms with Crippen molar-refractivity contribution < 1.29 is 0 Å². The summed E-state index contributed by atoms with van der Waals surface area (Å²) < 4.78 is 0. The average Bonchev–Trinajstić information content (AvgIpc) is 3.17. The maximum Gasteiger partial charge on any atom is 0.0812 e. The molecule has 2 heterocycles. The summed E-state index contributed by atoms with van der Waals surface area (Å²) in [6.07, 6.45) is 11.6. The van der Waals surface area contributed by atoms with Crippen LogP contribution in [-0.4, -0.2) is 16.0 Å². The number of nitrogens with one attached hydrogen (secondary N) is 2. The highest BCUT2D eigenvalue weighted by Crippen LogP contribution is 2.40. The van der Waals surface area contributed by atoms with Crippen molar-refractivity contribution in [2.24, 2.45) is 0 Å². The maximum absolute atomic E-state index is 4.45. The summed E-state index contributed by atoms with van der Waals surface area (Å²) in [6, 6.07) is 5.42. The number of rotatable bonds is 3. The molecule has 4 nitrogen and oxygen atoms in total. The Morgan fingerprint density at radius 1 is 1.18 bits per heavy atom.